The van der Waals surface area contributed by atoms with Gasteiger partial charge in [0.1, 0.15) is 0 Å². The molecular weight excluding hydrogens is 290 g/mol. The second kappa shape index (κ2) is 5.98. The summed E-state index contributed by atoms with van der Waals surface area (Å²) in [5.41, 5.74) is 2.19. The highest BCUT2D eigenvalue weighted by atomic mass is 35.5. The van der Waals surface area contributed by atoms with E-state index in [1.54, 1.807) is 0 Å². The number of thiophene rings is 1. The van der Waals surface area contributed by atoms with E-state index in [0.29, 0.717) is 0 Å². The third-order valence-corrected chi connectivity index (χ3v) is 4.80. The minimum atomic E-state index is 0.176. The van der Waals surface area contributed by atoms with Gasteiger partial charge in [-0.1, -0.05) is 23.7 Å². The van der Waals surface area contributed by atoms with Crippen molar-refractivity contribution in [3.8, 4) is 11.1 Å². The summed E-state index contributed by atoms with van der Waals surface area (Å²) < 4.78 is 0. The molecule has 1 amide bonds. The van der Waals surface area contributed by atoms with Crippen LogP contribution < -0.4 is 0 Å². The number of amides is 1. The molecule has 1 aromatic heterocycles. The highest BCUT2D eigenvalue weighted by molar-refractivity contribution is 7.12. The summed E-state index contributed by atoms with van der Waals surface area (Å²) in [5, 5.41) is 2.77. The summed E-state index contributed by atoms with van der Waals surface area (Å²) >= 11 is 7.42. The van der Waals surface area contributed by atoms with E-state index < -0.39 is 0 Å². The molecule has 2 heterocycles. The summed E-state index contributed by atoms with van der Waals surface area (Å²) in [6.45, 7) is 1.79. The zero-order valence-electron chi connectivity index (χ0n) is 11.1. The lowest BCUT2D eigenvalue weighted by molar-refractivity contribution is 0.0729. The molecule has 0 unspecified atom stereocenters. The Balaban J connectivity index is 1.79. The van der Waals surface area contributed by atoms with E-state index in [-0.39, 0.29) is 5.91 Å². The van der Waals surface area contributed by atoms with E-state index in [2.05, 4.69) is 0 Å². The first-order chi connectivity index (χ1) is 9.74. The molecule has 2 aromatic rings. The van der Waals surface area contributed by atoms with Crippen LogP contribution in [0, 0.1) is 0 Å². The Kier molecular flexibility index (Phi) is 4.08. The van der Waals surface area contributed by atoms with E-state index in [9.17, 15) is 4.79 Å². The van der Waals surface area contributed by atoms with Crippen LogP contribution in [0.3, 0.4) is 0 Å². The van der Waals surface area contributed by atoms with Gasteiger partial charge in [-0.3, -0.25) is 4.79 Å². The van der Waals surface area contributed by atoms with Gasteiger partial charge in [0.2, 0.25) is 0 Å². The van der Waals surface area contributed by atoms with Crippen molar-refractivity contribution in [2.24, 2.45) is 0 Å². The normalized spacial score (nSPS) is 15.3. The Morgan fingerprint density at radius 3 is 2.45 bits per heavy atom. The average molecular weight is 306 g/mol. The molecule has 4 heteroatoms. The fourth-order valence-electron chi connectivity index (χ4n) is 2.49. The first-order valence-corrected chi connectivity index (χ1v) is 8.13. The number of halogens is 1. The smallest absolute Gasteiger partial charge is 0.263 e. The lowest BCUT2D eigenvalue weighted by Crippen LogP contribution is -2.35. The Hall–Kier alpha value is -1.32. The summed E-state index contributed by atoms with van der Waals surface area (Å²) in [4.78, 5) is 15.2. The van der Waals surface area contributed by atoms with Crippen molar-refractivity contribution in [2.45, 2.75) is 19.3 Å². The minimum absolute atomic E-state index is 0.176. The molecule has 1 saturated heterocycles. The largest absolute Gasteiger partial charge is 0.338 e. The van der Waals surface area contributed by atoms with Crippen LogP contribution in [-0.2, 0) is 0 Å². The average Bonchev–Trinajstić information content (AvgIpc) is 2.98. The molecule has 1 aliphatic rings. The number of carbonyl (C=O) groups is 1. The first kappa shape index (κ1) is 13.7. The van der Waals surface area contributed by atoms with Crippen molar-refractivity contribution in [3.63, 3.8) is 0 Å². The molecule has 104 valence electrons. The van der Waals surface area contributed by atoms with E-state index >= 15 is 0 Å². The summed E-state index contributed by atoms with van der Waals surface area (Å²) in [7, 11) is 0. The van der Waals surface area contributed by atoms with Gasteiger partial charge in [0, 0.05) is 18.1 Å². The third kappa shape index (κ3) is 2.89. The highest BCUT2D eigenvalue weighted by Crippen LogP contribution is 2.28. The van der Waals surface area contributed by atoms with Crippen molar-refractivity contribution in [1.29, 1.82) is 0 Å². The molecule has 1 aromatic carbocycles. The Bertz CT molecular complexity index is 599. The fraction of sp³-hybridized carbons (Fsp3) is 0.312. The van der Waals surface area contributed by atoms with Crippen LogP contribution in [0.2, 0.25) is 5.02 Å². The Morgan fingerprint density at radius 1 is 1.05 bits per heavy atom. The van der Waals surface area contributed by atoms with E-state index in [1.165, 1.54) is 17.8 Å². The third-order valence-electron chi connectivity index (χ3n) is 3.63. The van der Waals surface area contributed by atoms with Gasteiger partial charge >= 0.3 is 0 Å². The molecule has 0 radical (unpaired) electrons. The van der Waals surface area contributed by atoms with E-state index in [4.69, 9.17) is 11.6 Å². The SMILES string of the molecule is O=C(c1cc(-c2ccc(Cl)cc2)cs1)N1CCCCC1. The zero-order chi connectivity index (χ0) is 13.9. The highest BCUT2D eigenvalue weighted by Gasteiger charge is 2.19. The maximum absolute atomic E-state index is 12.4. The molecule has 0 atom stereocenters. The number of likely N-dealkylation sites (tertiary alicyclic amines) is 1. The van der Waals surface area contributed by atoms with Gasteiger partial charge in [0.15, 0.2) is 0 Å². The van der Waals surface area contributed by atoms with Gasteiger partial charge in [0.05, 0.1) is 4.88 Å². The second-order valence-corrected chi connectivity index (χ2v) is 6.41. The second-order valence-electron chi connectivity index (χ2n) is 5.06. The van der Waals surface area contributed by atoms with Gasteiger partial charge in [-0.25, -0.2) is 0 Å². The number of piperidine rings is 1. The van der Waals surface area contributed by atoms with Gasteiger partial charge < -0.3 is 4.90 Å². The van der Waals surface area contributed by atoms with Gasteiger partial charge in [-0.2, -0.15) is 0 Å². The molecule has 3 rings (SSSR count). The fourth-order valence-corrected chi connectivity index (χ4v) is 3.50. The Labute approximate surface area is 128 Å². The van der Waals surface area contributed by atoms with Gasteiger partial charge in [0.25, 0.3) is 5.91 Å². The predicted molar refractivity (Wildman–Crippen MR) is 84.5 cm³/mol. The number of benzene rings is 1. The van der Waals surface area contributed by atoms with Crippen LogP contribution in [0.5, 0.6) is 0 Å². The van der Waals surface area contributed by atoms with Crippen LogP contribution in [0.1, 0.15) is 28.9 Å². The topological polar surface area (TPSA) is 20.3 Å². The quantitative estimate of drug-likeness (QED) is 0.788. The van der Waals surface area contributed by atoms with Crippen molar-refractivity contribution in [3.05, 3.63) is 45.6 Å². The molecule has 0 saturated carbocycles. The van der Waals surface area contributed by atoms with Crippen molar-refractivity contribution < 1.29 is 4.79 Å². The summed E-state index contributed by atoms with van der Waals surface area (Å²) in [6, 6.07) is 9.71. The van der Waals surface area contributed by atoms with E-state index in [1.807, 2.05) is 40.6 Å². The van der Waals surface area contributed by atoms with Crippen LogP contribution in [-0.4, -0.2) is 23.9 Å². The molecule has 20 heavy (non-hydrogen) atoms. The Morgan fingerprint density at radius 2 is 1.75 bits per heavy atom. The van der Waals surface area contributed by atoms with E-state index in [0.717, 1.165) is 47.0 Å². The maximum Gasteiger partial charge on any atom is 0.263 e. The standard InChI is InChI=1S/C16H16ClNOS/c17-14-6-4-12(5-7-14)13-10-15(20-11-13)16(19)18-8-2-1-3-9-18/h4-7,10-11H,1-3,8-9H2. The predicted octanol–water partition coefficient (Wildman–Crippen LogP) is 4.69. The monoisotopic (exact) mass is 305 g/mol. The van der Waals surface area contributed by atoms with Crippen LogP contribution in [0.4, 0.5) is 0 Å². The molecule has 0 spiro atoms. The van der Waals surface area contributed by atoms with Crippen LogP contribution in [0.25, 0.3) is 11.1 Å². The van der Waals surface area contributed by atoms with Crippen LogP contribution in [0.15, 0.2) is 35.7 Å². The first-order valence-electron chi connectivity index (χ1n) is 6.88. The number of carbonyl (C=O) groups excluding carboxylic acids is 1. The maximum atomic E-state index is 12.4. The molecule has 2 nitrogen and oxygen atoms in total. The molecule has 0 aliphatic carbocycles. The minimum Gasteiger partial charge on any atom is -0.338 e. The molecule has 1 aliphatic heterocycles. The van der Waals surface area contributed by atoms with Gasteiger partial charge in [-0.15, -0.1) is 11.3 Å². The molecule has 0 N–H and O–H groups in total. The van der Waals surface area contributed by atoms with Crippen molar-refractivity contribution in [1.82, 2.24) is 4.90 Å². The molecule has 1 fully saturated rings. The lowest BCUT2D eigenvalue weighted by atomic mass is 10.1. The number of nitrogens with zero attached hydrogens (tertiary/aromatic N) is 1. The summed E-state index contributed by atoms with van der Waals surface area (Å²) in [5.74, 6) is 0.176. The zero-order valence-corrected chi connectivity index (χ0v) is 12.7. The van der Waals surface area contributed by atoms with Crippen LogP contribution >= 0.6 is 22.9 Å². The number of rotatable bonds is 2. The van der Waals surface area contributed by atoms with Crippen molar-refractivity contribution in [2.75, 3.05) is 13.1 Å². The number of hydrogen-bond donors (Lipinski definition) is 0. The van der Waals surface area contributed by atoms with Gasteiger partial charge in [-0.05, 0) is 54.0 Å². The lowest BCUT2D eigenvalue weighted by Gasteiger charge is -2.26. The number of hydrogen-bond acceptors (Lipinski definition) is 2. The molecule has 0 bridgehead atoms. The molecular formula is C16H16ClNOS. The van der Waals surface area contributed by atoms with Crippen molar-refractivity contribution >= 4 is 28.8 Å². The summed E-state index contributed by atoms with van der Waals surface area (Å²) in [6.07, 6.45) is 3.49.